The van der Waals surface area contributed by atoms with E-state index in [0.717, 1.165) is 11.8 Å². The monoisotopic (exact) mass is 241 g/mol. The zero-order valence-electron chi connectivity index (χ0n) is 9.04. The molecule has 1 heterocycles. The van der Waals surface area contributed by atoms with Crippen molar-refractivity contribution in [2.75, 3.05) is 5.32 Å². The lowest BCUT2D eigenvalue weighted by molar-refractivity contribution is 0.497. The van der Waals surface area contributed by atoms with Crippen LogP contribution in [0.1, 0.15) is 5.69 Å². The predicted octanol–water partition coefficient (Wildman–Crippen LogP) is 2.45. The Morgan fingerprint density at radius 2 is 2.06 bits per heavy atom. The maximum atomic E-state index is 13.3. The highest BCUT2D eigenvalue weighted by atomic mass is 19.2. The Labute approximate surface area is 95.9 Å². The fraction of sp³-hybridized carbons (Fsp3) is 0.182. The number of nitrogens with zero attached hydrogens (tertiary/aromatic N) is 2. The van der Waals surface area contributed by atoms with Gasteiger partial charge in [0.2, 0.25) is 0 Å². The van der Waals surface area contributed by atoms with E-state index in [2.05, 4.69) is 10.3 Å². The van der Waals surface area contributed by atoms with Crippen LogP contribution in [0.3, 0.4) is 0 Å². The van der Waals surface area contributed by atoms with Crippen LogP contribution in [0.2, 0.25) is 0 Å². The second-order valence-electron chi connectivity index (χ2n) is 3.60. The third kappa shape index (κ3) is 2.41. The summed E-state index contributed by atoms with van der Waals surface area (Å²) in [4.78, 5) is 3.87. The summed E-state index contributed by atoms with van der Waals surface area (Å²) < 4.78 is 40.8. The zero-order valence-corrected chi connectivity index (χ0v) is 9.04. The first kappa shape index (κ1) is 11.5. The molecule has 0 spiro atoms. The summed E-state index contributed by atoms with van der Waals surface area (Å²) in [6.45, 7) is 0.232. The molecule has 0 saturated carbocycles. The van der Waals surface area contributed by atoms with Crippen molar-refractivity contribution in [3.8, 4) is 0 Å². The number of aromatic nitrogens is 2. The van der Waals surface area contributed by atoms with E-state index >= 15 is 0 Å². The molecule has 3 nitrogen and oxygen atoms in total. The molecule has 0 aliphatic heterocycles. The first-order chi connectivity index (χ1) is 8.08. The van der Waals surface area contributed by atoms with E-state index in [0.29, 0.717) is 6.07 Å². The highest BCUT2D eigenvalue weighted by molar-refractivity contribution is 5.45. The van der Waals surface area contributed by atoms with Gasteiger partial charge in [-0.05, 0) is 0 Å². The quantitative estimate of drug-likeness (QED) is 0.836. The molecule has 0 saturated heterocycles. The molecule has 0 aliphatic rings. The summed E-state index contributed by atoms with van der Waals surface area (Å²) in [5, 5.41) is 2.62. The number of rotatable bonds is 3. The van der Waals surface area contributed by atoms with Crippen LogP contribution in [0.5, 0.6) is 0 Å². The lowest BCUT2D eigenvalue weighted by Gasteiger charge is -2.08. The van der Waals surface area contributed by atoms with Gasteiger partial charge in [0.25, 0.3) is 0 Å². The highest BCUT2D eigenvalue weighted by Crippen LogP contribution is 2.19. The average molecular weight is 241 g/mol. The van der Waals surface area contributed by atoms with Crippen molar-refractivity contribution in [3.05, 3.63) is 47.8 Å². The van der Waals surface area contributed by atoms with E-state index in [-0.39, 0.29) is 12.2 Å². The van der Waals surface area contributed by atoms with Crippen molar-refractivity contribution < 1.29 is 13.2 Å². The topological polar surface area (TPSA) is 29.9 Å². The molecule has 90 valence electrons. The van der Waals surface area contributed by atoms with Gasteiger partial charge >= 0.3 is 0 Å². The van der Waals surface area contributed by atoms with Gasteiger partial charge in [-0.3, -0.25) is 0 Å². The molecule has 0 unspecified atom stereocenters. The summed E-state index contributed by atoms with van der Waals surface area (Å²) >= 11 is 0. The van der Waals surface area contributed by atoms with Crippen molar-refractivity contribution >= 4 is 5.69 Å². The maximum absolute atomic E-state index is 13.3. The molecule has 1 aromatic carbocycles. The largest absolute Gasteiger partial charge is 0.377 e. The Hall–Kier alpha value is -1.98. The molecular weight excluding hydrogens is 231 g/mol. The van der Waals surface area contributed by atoms with E-state index in [1.165, 1.54) is 0 Å². The van der Waals surface area contributed by atoms with Gasteiger partial charge in [-0.25, -0.2) is 18.2 Å². The molecule has 17 heavy (non-hydrogen) atoms. The van der Waals surface area contributed by atoms with Gasteiger partial charge in [-0.1, -0.05) is 0 Å². The van der Waals surface area contributed by atoms with Gasteiger partial charge in [0.1, 0.15) is 5.82 Å². The molecule has 6 heteroatoms. The Kier molecular flexibility index (Phi) is 3.03. The van der Waals surface area contributed by atoms with Crippen molar-refractivity contribution in [2.24, 2.45) is 7.05 Å². The van der Waals surface area contributed by atoms with Crippen molar-refractivity contribution in [2.45, 2.75) is 6.54 Å². The molecule has 2 aromatic rings. The van der Waals surface area contributed by atoms with E-state index < -0.39 is 17.5 Å². The second kappa shape index (κ2) is 4.48. The van der Waals surface area contributed by atoms with Crippen LogP contribution in [0.15, 0.2) is 24.7 Å². The molecule has 0 aliphatic carbocycles. The number of halogens is 3. The molecular formula is C11H10F3N3. The van der Waals surface area contributed by atoms with Crippen LogP contribution in [-0.4, -0.2) is 9.55 Å². The summed E-state index contributed by atoms with van der Waals surface area (Å²) in [6.07, 6.45) is 3.17. The Morgan fingerprint density at radius 1 is 1.29 bits per heavy atom. The first-order valence-corrected chi connectivity index (χ1v) is 4.91. The fourth-order valence-electron chi connectivity index (χ4n) is 1.43. The van der Waals surface area contributed by atoms with Gasteiger partial charge < -0.3 is 9.88 Å². The summed E-state index contributed by atoms with van der Waals surface area (Å²) in [6, 6.07) is 1.42. The minimum atomic E-state index is -1.21. The summed E-state index contributed by atoms with van der Waals surface area (Å²) in [5.74, 6) is -3.12. The lowest BCUT2D eigenvalue weighted by Crippen LogP contribution is -2.06. The van der Waals surface area contributed by atoms with Crippen LogP contribution in [-0.2, 0) is 13.6 Å². The molecule has 0 atom stereocenters. The standard InChI is InChI=1S/C11H10F3N3/c1-17-6-15-4-8(17)5-16-10-3-7(12)2-9(13)11(10)14/h2-4,6,16H,5H2,1H3. The van der Waals surface area contributed by atoms with Gasteiger partial charge in [0, 0.05) is 25.4 Å². The van der Waals surface area contributed by atoms with Crippen molar-refractivity contribution in [1.29, 1.82) is 0 Å². The summed E-state index contributed by atoms with van der Waals surface area (Å²) in [5.41, 5.74) is 0.567. The number of hydrogen-bond donors (Lipinski definition) is 1. The smallest absolute Gasteiger partial charge is 0.182 e. The average Bonchev–Trinajstić information content (AvgIpc) is 2.67. The zero-order chi connectivity index (χ0) is 12.4. The van der Waals surface area contributed by atoms with Gasteiger partial charge in [0.15, 0.2) is 11.6 Å². The van der Waals surface area contributed by atoms with Crippen LogP contribution < -0.4 is 5.32 Å². The maximum Gasteiger partial charge on any atom is 0.182 e. The lowest BCUT2D eigenvalue weighted by atomic mass is 10.2. The minimum Gasteiger partial charge on any atom is -0.377 e. The third-order valence-electron chi connectivity index (χ3n) is 2.37. The van der Waals surface area contributed by atoms with Crippen LogP contribution in [0.4, 0.5) is 18.9 Å². The molecule has 2 rings (SSSR count). The molecule has 0 bridgehead atoms. The number of hydrogen-bond acceptors (Lipinski definition) is 2. The second-order valence-corrected chi connectivity index (χ2v) is 3.60. The molecule has 1 aromatic heterocycles. The number of aryl methyl sites for hydroxylation is 1. The van der Waals surface area contributed by atoms with Crippen molar-refractivity contribution in [3.63, 3.8) is 0 Å². The van der Waals surface area contributed by atoms with Gasteiger partial charge in [-0.15, -0.1) is 0 Å². The molecule has 0 amide bonds. The highest BCUT2D eigenvalue weighted by Gasteiger charge is 2.11. The Balaban J connectivity index is 2.17. The van der Waals surface area contributed by atoms with Crippen LogP contribution in [0, 0.1) is 17.5 Å². The van der Waals surface area contributed by atoms with E-state index in [1.54, 1.807) is 24.1 Å². The number of benzene rings is 1. The summed E-state index contributed by atoms with van der Waals surface area (Å²) in [7, 11) is 1.77. The molecule has 0 radical (unpaired) electrons. The normalized spacial score (nSPS) is 10.6. The van der Waals surface area contributed by atoms with Crippen LogP contribution in [0.25, 0.3) is 0 Å². The molecule has 1 N–H and O–H groups in total. The number of imidazole rings is 1. The van der Waals surface area contributed by atoms with E-state index in [9.17, 15) is 13.2 Å². The SMILES string of the molecule is Cn1cncc1CNc1cc(F)cc(F)c1F. The number of anilines is 1. The third-order valence-corrected chi connectivity index (χ3v) is 2.37. The van der Waals surface area contributed by atoms with Gasteiger partial charge in [0.05, 0.1) is 24.3 Å². The predicted molar refractivity (Wildman–Crippen MR) is 56.9 cm³/mol. The van der Waals surface area contributed by atoms with E-state index in [1.807, 2.05) is 0 Å². The Bertz CT molecular complexity index is 537. The fourth-order valence-corrected chi connectivity index (χ4v) is 1.43. The number of nitrogens with one attached hydrogen (secondary N) is 1. The minimum absolute atomic E-state index is 0.205. The first-order valence-electron chi connectivity index (χ1n) is 4.91. The van der Waals surface area contributed by atoms with E-state index in [4.69, 9.17) is 0 Å². The Morgan fingerprint density at radius 3 is 2.71 bits per heavy atom. The van der Waals surface area contributed by atoms with Crippen LogP contribution >= 0.6 is 0 Å². The van der Waals surface area contributed by atoms with Crippen molar-refractivity contribution in [1.82, 2.24) is 9.55 Å². The van der Waals surface area contributed by atoms with Gasteiger partial charge in [-0.2, -0.15) is 0 Å². The molecule has 0 fully saturated rings.